The molecule has 5 heteroatoms. The topological polar surface area (TPSA) is 57.5 Å². The molecule has 0 atom stereocenters. The van der Waals surface area contributed by atoms with Crippen LogP contribution in [0.25, 0.3) is 0 Å². The van der Waals surface area contributed by atoms with E-state index in [9.17, 15) is 4.79 Å². The van der Waals surface area contributed by atoms with Gasteiger partial charge in [0.25, 0.3) is 0 Å². The lowest BCUT2D eigenvalue weighted by molar-refractivity contribution is 0.112. The lowest BCUT2D eigenvalue weighted by Gasteiger charge is -2.07. The molecule has 0 bridgehead atoms. The minimum absolute atomic E-state index is 0.192. The van der Waals surface area contributed by atoms with Gasteiger partial charge < -0.3 is 10.0 Å². The van der Waals surface area contributed by atoms with Gasteiger partial charge in [0.15, 0.2) is 0 Å². The molecule has 0 aromatic heterocycles. The van der Waals surface area contributed by atoms with E-state index >= 15 is 0 Å². The Morgan fingerprint density at radius 1 is 1.46 bits per heavy atom. The summed E-state index contributed by atoms with van der Waals surface area (Å²) in [4.78, 5) is 10.4. The molecule has 3 nitrogen and oxygen atoms in total. The smallest absolute Gasteiger partial charge is 0.423 e. The second kappa shape index (κ2) is 3.92. The average Bonchev–Trinajstić information content (AvgIpc) is 2.02. The van der Waals surface area contributed by atoms with Crippen molar-refractivity contribution in [3.05, 3.63) is 28.3 Å². The number of aryl methyl sites for hydroxylation is 1. The van der Waals surface area contributed by atoms with Crippen molar-refractivity contribution in [2.24, 2.45) is 0 Å². The predicted molar refractivity (Wildman–Crippen MR) is 51.4 cm³/mol. The zero-order valence-corrected chi connectivity index (χ0v) is 7.75. The minimum Gasteiger partial charge on any atom is -0.423 e. The van der Waals surface area contributed by atoms with E-state index in [1.807, 2.05) is 0 Å². The van der Waals surface area contributed by atoms with Crippen molar-refractivity contribution < 1.29 is 14.8 Å². The van der Waals surface area contributed by atoms with Crippen LogP contribution in [-0.2, 0) is 0 Å². The fourth-order valence-electron chi connectivity index (χ4n) is 1.18. The Morgan fingerprint density at radius 2 is 2.08 bits per heavy atom. The highest BCUT2D eigenvalue weighted by Crippen LogP contribution is 2.11. The van der Waals surface area contributed by atoms with Crippen LogP contribution in [0.1, 0.15) is 15.9 Å². The molecule has 68 valence electrons. The van der Waals surface area contributed by atoms with E-state index in [1.165, 1.54) is 6.07 Å². The van der Waals surface area contributed by atoms with Gasteiger partial charge in [0, 0.05) is 16.0 Å². The van der Waals surface area contributed by atoms with Gasteiger partial charge in [-0.25, -0.2) is 0 Å². The molecule has 0 heterocycles. The molecule has 0 unspecified atom stereocenters. The van der Waals surface area contributed by atoms with Crippen LogP contribution in [0.15, 0.2) is 12.1 Å². The Labute approximate surface area is 81.1 Å². The van der Waals surface area contributed by atoms with E-state index in [4.69, 9.17) is 21.6 Å². The Morgan fingerprint density at radius 3 is 2.46 bits per heavy atom. The molecule has 0 aliphatic carbocycles. The largest absolute Gasteiger partial charge is 0.490 e. The minimum atomic E-state index is -1.60. The number of halogens is 1. The first-order valence-corrected chi connectivity index (χ1v) is 4.05. The van der Waals surface area contributed by atoms with Gasteiger partial charge in [-0.1, -0.05) is 11.6 Å². The van der Waals surface area contributed by atoms with Crippen molar-refractivity contribution in [3.63, 3.8) is 0 Å². The molecule has 0 spiro atoms. The summed E-state index contributed by atoms with van der Waals surface area (Å²) in [6, 6.07) is 2.95. The highest BCUT2D eigenvalue weighted by Gasteiger charge is 2.18. The van der Waals surface area contributed by atoms with Crippen LogP contribution in [0.5, 0.6) is 0 Å². The molecule has 2 N–H and O–H groups in total. The van der Waals surface area contributed by atoms with Crippen molar-refractivity contribution in [1.29, 1.82) is 0 Å². The van der Waals surface area contributed by atoms with Crippen molar-refractivity contribution in [1.82, 2.24) is 0 Å². The van der Waals surface area contributed by atoms with Crippen LogP contribution in [0, 0.1) is 6.92 Å². The maximum atomic E-state index is 10.4. The molecule has 0 fully saturated rings. The lowest BCUT2D eigenvalue weighted by Crippen LogP contribution is -2.33. The molecule has 0 amide bonds. The fraction of sp³-hybridized carbons (Fsp3) is 0.125. The zero-order chi connectivity index (χ0) is 10.0. The summed E-state index contributed by atoms with van der Waals surface area (Å²) in [5.41, 5.74) is 1.25. The maximum absolute atomic E-state index is 10.4. The molecule has 1 aromatic rings. The summed E-state index contributed by atoms with van der Waals surface area (Å²) < 4.78 is 0. The number of hydrogen-bond acceptors (Lipinski definition) is 3. The van der Waals surface area contributed by atoms with Gasteiger partial charge in [0.2, 0.25) is 0 Å². The summed E-state index contributed by atoms with van der Waals surface area (Å²) in [7, 11) is -1.60. The van der Waals surface area contributed by atoms with Crippen LogP contribution >= 0.6 is 11.6 Å². The molecule has 1 rings (SSSR count). The number of aldehydes is 1. The SMILES string of the molecule is Cc1cc(C=O)cc(Cl)c1B(O)O. The second-order valence-corrected chi connectivity index (χ2v) is 3.13. The number of carbonyl (C=O) groups excluding carboxylic acids is 1. The first-order chi connectivity index (χ1) is 6.06. The second-order valence-electron chi connectivity index (χ2n) is 2.72. The Balaban J connectivity index is 3.31. The van der Waals surface area contributed by atoms with E-state index in [0.717, 1.165) is 0 Å². The third-order valence-corrected chi connectivity index (χ3v) is 2.07. The van der Waals surface area contributed by atoms with Gasteiger partial charge in [0.05, 0.1) is 0 Å². The molecule has 0 saturated carbocycles. The Hall–Kier alpha value is -0.835. The summed E-state index contributed by atoms with van der Waals surface area (Å²) in [6.45, 7) is 1.66. The van der Waals surface area contributed by atoms with E-state index in [2.05, 4.69) is 0 Å². The van der Waals surface area contributed by atoms with Crippen LogP contribution in [0.3, 0.4) is 0 Å². The lowest BCUT2D eigenvalue weighted by atomic mass is 9.77. The van der Waals surface area contributed by atoms with Gasteiger partial charge in [-0.05, 0) is 24.6 Å². The molecular weight excluding hydrogens is 190 g/mol. The van der Waals surface area contributed by atoms with Gasteiger partial charge in [-0.2, -0.15) is 0 Å². The highest BCUT2D eigenvalue weighted by atomic mass is 35.5. The summed E-state index contributed by atoms with van der Waals surface area (Å²) in [5.74, 6) is 0. The van der Waals surface area contributed by atoms with Crippen molar-refractivity contribution >= 4 is 30.5 Å². The average molecular weight is 198 g/mol. The van der Waals surface area contributed by atoms with E-state index in [-0.39, 0.29) is 10.5 Å². The monoisotopic (exact) mass is 198 g/mol. The zero-order valence-electron chi connectivity index (χ0n) is 6.99. The van der Waals surface area contributed by atoms with Crippen LogP contribution < -0.4 is 5.46 Å². The van der Waals surface area contributed by atoms with Gasteiger partial charge in [-0.15, -0.1) is 0 Å². The van der Waals surface area contributed by atoms with Gasteiger partial charge in [0.1, 0.15) is 6.29 Å². The first-order valence-electron chi connectivity index (χ1n) is 3.67. The number of hydrogen-bond donors (Lipinski definition) is 2. The Kier molecular flexibility index (Phi) is 3.09. The van der Waals surface area contributed by atoms with Crippen molar-refractivity contribution in [2.45, 2.75) is 6.92 Å². The molecule has 0 aliphatic heterocycles. The number of carbonyl (C=O) groups is 1. The maximum Gasteiger partial charge on any atom is 0.490 e. The molecule has 0 saturated heterocycles. The molecule has 1 aromatic carbocycles. The van der Waals surface area contributed by atoms with Crippen LogP contribution in [0.2, 0.25) is 5.02 Å². The standard InChI is InChI=1S/C8H8BClO3/c1-5-2-6(4-11)3-7(10)8(5)9(12)13/h2-4,12-13H,1H3. The molecular formula is C8H8BClO3. The van der Waals surface area contributed by atoms with Crippen LogP contribution in [-0.4, -0.2) is 23.5 Å². The molecule has 0 radical (unpaired) electrons. The Bertz CT molecular complexity index is 315. The van der Waals surface area contributed by atoms with Crippen LogP contribution in [0.4, 0.5) is 0 Å². The normalized spacial score (nSPS) is 9.85. The molecule has 13 heavy (non-hydrogen) atoms. The fourth-order valence-corrected chi connectivity index (χ4v) is 1.55. The van der Waals surface area contributed by atoms with Crippen molar-refractivity contribution in [2.75, 3.05) is 0 Å². The summed E-state index contributed by atoms with van der Waals surface area (Å²) in [5, 5.41) is 18.1. The van der Waals surface area contributed by atoms with E-state index in [1.54, 1.807) is 13.0 Å². The van der Waals surface area contributed by atoms with E-state index in [0.29, 0.717) is 17.4 Å². The third-order valence-electron chi connectivity index (χ3n) is 1.75. The quantitative estimate of drug-likeness (QED) is 0.525. The molecule has 0 aliphatic rings. The van der Waals surface area contributed by atoms with E-state index < -0.39 is 7.12 Å². The number of benzene rings is 1. The summed E-state index contributed by atoms with van der Waals surface area (Å²) in [6.07, 6.45) is 0.659. The predicted octanol–water partition coefficient (Wildman–Crippen LogP) is 0.141. The third kappa shape index (κ3) is 2.09. The van der Waals surface area contributed by atoms with Gasteiger partial charge in [-0.3, -0.25) is 4.79 Å². The number of rotatable bonds is 2. The highest BCUT2D eigenvalue weighted by molar-refractivity contribution is 6.63. The summed E-state index contributed by atoms with van der Waals surface area (Å²) >= 11 is 5.73. The van der Waals surface area contributed by atoms with Gasteiger partial charge >= 0.3 is 7.12 Å². The van der Waals surface area contributed by atoms with Crippen molar-refractivity contribution in [3.8, 4) is 0 Å². The first kappa shape index (κ1) is 10.2.